The van der Waals surface area contributed by atoms with Crippen LogP contribution in [0.5, 0.6) is 0 Å². The van der Waals surface area contributed by atoms with E-state index in [9.17, 15) is 9.59 Å². The van der Waals surface area contributed by atoms with Crippen LogP contribution in [0.25, 0.3) is 0 Å². The second-order valence-electron chi connectivity index (χ2n) is 2.92. The number of aliphatic carboxylic acids is 1. The van der Waals surface area contributed by atoms with Gasteiger partial charge in [0, 0.05) is 0 Å². The Labute approximate surface area is 75.3 Å². The van der Waals surface area contributed by atoms with E-state index >= 15 is 0 Å². The monoisotopic (exact) mass is 185 g/mol. The molecule has 1 fully saturated rings. The predicted octanol–water partition coefficient (Wildman–Crippen LogP) is 0.768. The maximum absolute atomic E-state index is 10.7. The molecule has 1 aliphatic rings. The van der Waals surface area contributed by atoms with Gasteiger partial charge in [0.1, 0.15) is 6.04 Å². The summed E-state index contributed by atoms with van der Waals surface area (Å²) in [5, 5.41) is 17.5. The molecule has 0 aromatic rings. The molecule has 1 amide bonds. The fourth-order valence-corrected chi connectivity index (χ4v) is 1.59. The van der Waals surface area contributed by atoms with Gasteiger partial charge in [0.2, 0.25) is 0 Å². The maximum atomic E-state index is 10.7. The Hall–Kier alpha value is -1.52. The Kier molecular flexibility index (Phi) is 2.55. The number of hydrogen-bond donors (Lipinski definition) is 2. The molecule has 0 aliphatic carbocycles. The van der Waals surface area contributed by atoms with Crippen molar-refractivity contribution >= 4 is 12.1 Å². The van der Waals surface area contributed by atoms with Crippen molar-refractivity contribution < 1.29 is 19.8 Å². The summed E-state index contributed by atoms with van der Waals surface area (Å²) in [6.07, 6.45) is 1.16. The second-order valence-corrected chi connectivity index (χ2v) is 2.92. The van der Waals surface area contributed by atoms with Crippen molar-refractivity contribution in [3.05, 3.63) is 12.7 Å². The van der Waals surface area contributed by atoms with Crippen molar-refractivity contribution in [1.29, 1.82) is 0 Å². The molecule has 0 aromatic carbocycles. The number of carboxylic acids is 1. The van der Waals surface area contributed by atoms with Gasteiger partial charge in [-0.25, -0.2) is 9.59 Å². The first-order valence-electron chi connectivity index (χ1n) is 3.94. The quantitative estimate of drug-likeness (QED) is 0.623. The van der Waals surface area contributed by atoms with E-state index in [1.807, 2.05) is 0 Å². The summed E-state index contributed by atoms with van der Waals surface area (Å²) in [6.45, 7) is 3.47. The van der Waals surface area contributed by atoms with Gasteiger partial charge in [-0.05, 0) is 12.8 Å². The second kappa shape index (κ2) is 3.47. The van der Waals surface area contributed by atoms with E-state index < -0.39 is 18.1 Å². The Morgan fingerprint density at radius 3 is 2.38 bits per heavy atom. The molecule has 1 rings (SSSR count). The lowest BCUT2D eigenvalue weighted by Gasteiger charge is -2.22. The first-order valence-corrected chi connectivity index (χ1v) is 3.94. The highest BCUT2D eigenvalue weighted by Gasteiger charge is 2.39. The van der Waals surface area contributed by atoms with Crippen LogP contribution in [0, 0.1) is 0 Å². The molecule has 2 N–H and O–H groups in total. The predicted molar refractivity (Wildman–Crippen MR) is 44.5 cm³/mol. The molecule has 13 heavy (non-hydrogen) atoms. The van der Waals surface area contributed by atoms with Gasteiger partial charge in [-0.2, -0.15) is 0 Å². The largest absolute Gasteiger partial charge is 0.480 e. The fraction of sp³-hybridized carbons (Fsp3) is 0.500. The molecule has 1 aliphatic heterocycles. The average Bonchev–Trinajstić information content (AvgIpc) is 2.46. The summed E-state index contributed by atoms with van der Waals surface area (Å²) in [6, 6.07) is -1.28. The first kappa shape index (κ1) is 9.57. The van der Waals surface area contributed by atoms with E-state index in [1.54, 1.807) is 0 Å². The molecule has 1 saturated heterocycles. The van der Waals surface area contributed by atoms with E-state index in [-0.39, 0.29) is 6.04 Å². The molecule has 2 atom stereocenters. The van der Waals surface area contributed by atoms with Crippen molar-refractivity contribution in [2.75, 3.05) is 0 Å². The zero-order chi connectivity index (χ0) is 10.0. The normalized spacial score (nSPS) is 27.2. The number of nitrogens with zero attached hydrogens (tertiary/aromatic N) is 1. The van der Waals surface area contributed by atoms with Crippen molar-refractivity contribution in [3.63, 3.8) is 0 Å². The molecule has 0 bridgehead atoms. The van der Waals surface area contributed by atoms with Gasteiger partial charge < -0.3 is 10.2 Å². The molecule has 0 aromatic heterocycles. The van der Waals surface area contributed by atoms with Crippen molar-refractivity contribution in [2.45, 2.75) is 24.9 Å². The van der Waals surface area contributed by atoms with Gasteiger partial charge in [0.05, 0.1) is 6.04 Å². The zero-order valence-electron chi connectivity index (χ0n) is 7.01. The molecule has 0 radical (unpaired) electrons. The smallest absolute Gasteiger partial charge is 0.408 e. The Bertz CT molecular complexity index is 251. The number of hydrogen-bond acceptors (Lipinski definition) is 2. The highest BCUT2D eigenvalue weighted by Crippen LogP contribution is 2.24. The van der Waals surface area contributed by atoms with E-state index in [2.05, 4.69) is 6.58 Å². The van der Waals surface area contributed by atoms with Crippen LogP contribution in [-0.4, -0.2) is 39.3 Å². The molecule has 0 spiro atoms. The third-order valence-electron chi connectivity index (χ3n) is 2.21. The van der Waals surface area contributed by atoms with Crippen molar-refractivity contribution in [2.24, 2.45) is 0 Å². The summed E-state index contributed by atoms with van der Waals surface area (Å²) in [4.78, 5) is 22.3. The number of rotatable bonds is 2. The van der Waals surface area contributed by atoms with Crippen LogP contribution < -0.4 is 0 Å². The number of carbonyl (C=O) groups is 2. The van der Waals surface area contributed by atoms with E-state index in [0.29, 0.717) is 12.8 Å². The van der Waals surface area contributed by atoms with Crippen molar-refractivity contribution in [3.8, 4) is 0 Å². The van der Waals surface area contributed by atoms with E-state index in [1.165, 1.54) is 6.08 Å². The van der Waals surface area contributed by atoms with Gasteiger partial charge in [-0.1, -0.05) is 6.08 Å². The van der Waals surface area contributed by atoms with Gasteiger partial charge in [-0.15, -0.1) is 6.58 Å². The summed E-state index contributed by atoms with van der Waals surface area (Å²) in [5.74, 6) is -1.09. The minimum Gasteiger partial charge on any atom is -0.480 e. The minimum atomic E-state index is -1.20. The first-order chi connectivity index (χ1) is 6.07. The number of amides is 1. The van der Waals surface area contributed by atoms with Crippen molar-refractivity contribution in [1.82, 2.24) is 4.90 Å². The molecular weight excluding hydrogens is 174 g/mol. The van der Waals surface area contributed by atoms with E-state index in [0.717, 1.165) is 4.90 Å². The van der Waals surface area contributed by atoms with Crippen LogP contribution in [-0.2, 0) is 4.79 Å². The highest BCUT2D eigenvalue weighted by molar-refractivity contribution is 5.80. The van der Waals surface area contributed by atoms with Crippen LogP contribution in [0.4, 0.5) is 4.79 Å². The number of carboxylic acid groups (broad SMARTS) is 2. The summed E-state index contributed by atoms with van der Waals surface area (Å²) in [5.41, 5.74) is 0. The molecule has 1 unspecified atom stereocenters. The molecule has 1 heterocycles. The Morgan fingerprint density at radius 1 is 1.38 bits per heavy atom. The van der Waals surface area contributed by atoms with Crippen LogP contribution >= 0.6 is 0 Å². The van der Waals surface area contributed by atoms with Crippen LogP contribution in [0.15, 0.2) is 12.7 Å². The SMILES string of the molecule is C=CC1CC[C@@H](C(=O)O)N1C(=O)O. The van der Waals surface area contributed by atoms with Gasteiger partial charge in [0.15, 0.2) is 0 Å². The lowest BCUT2D eigenvalue weighted by molar-refractivity contribution is -0.141. The third-order valence-corrected chi connectivity index (χ3v) is 2.21. The fourth-order valence-electron chi connectivity index (χ4n) is 1.59. The van der Waals surface area contributed by atoms with E-state index in [4.69, 9.17) is 10.2 Å². The van der Waals surface area contributed by atoms with Gasteiger partial charge in [0.25, 0.3) is 0 Å². The Morgan fingerprint density at radius 2 is 2.00 bits per heavy atom. The minimum absolute atomic E-state index is 0.359. The lowest BCUT2D eigenvalue weighted by atomic mass is 10.2. The standard InChI is InChI=1S/C8H11NO4/c1-2-5-3-4-6(7(10)11)9(5)8(12)13/h2,5-6H,1,3-4H2,(H,10,11)(H,12,13)/t5?,6-/m0/s1. The third kappa shape index (κ3) is 1.63. The summed E-state index contributed by atoms with van der Waals surface area (Å²) >= 11 is 0. The van der Waals surface area contributed by atoms with Gasteiger partial charge >= 0.3 is 12.1 Å². The topological polar surface area (TPSA) is 77.8 Å². The van der Waals surface area contributed by atoms with Gasteiger partial charge in [-0.3, -0.25) is 4.90 Å². The molecule has 72 valence electrons. The Balaban J connectivity index is 2.84. The molecule has 5 heteroatoms. The average molecular weight is 185 g/mol. The summed E-state index contributed by atoms with van der Waals surface area (Å²) < 4.78 is 0. The zero-order valence-corrected chi connectivity index (χ0v) is 7.01. The highest BCUT2D eigenvalue weighted by atomic mass is 16.4. The van der Waals surface area contributed by atoms with Crippen LogP contribution in [0.1, 0.15) is 12.8 Å². The maximum Gasteiger partial charge on any atom is 0.408 e. The van der Waals surface area contributed by atoms with Crippen LogP contribution in [0.3, 0.4) is 0 Å². The lowest BCUT2D eigenvalue weighted by Crippen LogP contribution is -2.43. The molecular formula is C8H11NO4. The molecule has 5 nitrogen and oxygen atoms in total. The summed E-state index contributed by atoms with van der Waals surface area (Å²) in [7, 11) is 0. The van der Waals surface area contributed by atoms with Crippen LogP contribution in [0.2, 0.25) is 0 Å². The molecule has 0 saturated carbocycles. The number of likely N-dealkylation sites (tertiary alicyclic amines) is 1.